The molecular weight excluding hydrogens is 164 g/mol. The fourth-order valence-corrected chi connectivity index (χ4v) is 0.784. The summed E-state index contributed by atoms with van der Waals surface area (Å²) in [5, 5.41) is 4.04. The third-order valence-electron chi connectivity index (χ3n) is 1.18. The molecule has 0 aliphatic heterocycles. The van der Waals surface area contributed by atoms with Crippen molar-refractivity contribution in [2.75, 3.05) is 7.05 Å². The molecule has 0 atom stereocenters. The lowest BCUT2D eigenvalue weighted by molar-refractivity contribution is 0.907. The van der Waals surface area contributed by atoms with E-state index in [9.17, 15) is 0 Å². The van der Waals surface area contributed by atoms with Gasteiger partial charge >= 0.3 is 0 Å². The summed E-state index contributed by atoms with van der Waals surface area (Å²) in [6.45, 7) is 9.41. The molecule has 0 unspecified atom stereocenters. The zero-order valence-electron chi connectivity index (χ0n) is 8.65. The summed E-state index contributed by atoms with van der Waals surface area (Å²) < 4.78 is 1.59. The Morgan fingerprint density at radius 1 is 1.46 bits per heavy atom. The Bertz CT molecular complexity index is 286. The topological polar surface area (TPSA) is 43.1 Å². The molecule has 0 aromatic carbocycles. The van der Waals surface area contributed by atoms with E-state index >= 15 is 0 Å². The summed E-state index contributed by atoms with van der Waals surface area (Å²) in [4.78, 5) is 7.93. The Kier molecular flexibility index (Phi) is 5.43. The summed E-state index contributed by atoms with van der Waals surface area (Å²) in [6, 6.07) is 0. The zero-order chi connectivity index (χ0) is 10.3. The van der Waals surface area contributed by atoms with Crippen LogP contribution in [0.5, 0.6) is 0 Å². The van der Waals surface area contributed by atoms with Crippen molar-refractivity contribution in [2.24, 2.45) is 4.99 Å². The van der Waals surface area contributed by atoms with Crippen LogP contribution in [0.1, 0.15) is 25.5 Å². The van der Waals surface area contributed by atoms with Crippen LogP contribution in [0.4, 0.5) is 0 Å². The molecule has 0 saturated heterocycles. The maximum Gasteiger partial charge on any atom is 0.173 e. The van der Waals surface area contributed by atoms with Gasteiger partial charge in [0.05, 0.1) is 6.21 Å². The van der Waals surface area contributed by atoms with Crippen LogP contribution in [0.2, 0.25) is 0 Å². The Hall–Kier alpha value is -1.45. The molecule has 13 heavy (non-hydrogen) atoms. The number of aromatic nitrogens is 3. The van der Waals surface area contributed by atoms with Gasteiger partial charge < -0.3 is 0 Å². The molecule has 0 spiro atoms. The van der Waals surface area contributed by atoms with Gasteiger partial charge in [-0.15, -0.1) is 0 Å². The van der Waals surface area contributed by atoms with Crippen LogP contribution in [0.15, 0.2) is 11.6 Å². The maximum atomic E-state index is 4.10. The summed E-state index contributed by atoms with van der Waals surface area (Å²) in [7, 11) is 1.69. The SMILES string of the molecule is C=Cn1nc(C)nc1C=NC.CC. The van der Waals surface area contributed by atoms with E-state index in [1.807, 2.05) is 20.8 Å². The van der Waals surface area contributed by atoms with Crippen LogP contribution in [0.25, 0.3) is 6.20 Å². The number of hydrogen-bond acceptors (Lipinski definition) is 3. The molecular formula is C9H16N4. The van der Waals surface area contributed by atoms with Crippen LogP contribution >= 0.6 is 0 Å². The maximum absolute atomic E-state index is 4.10. The molecule has 0 aliphatic carbocycles. The van der Waals surface area contributed by atoms with E-state index in [1.54, 1.807) is 24.1 Å². The van der Waals surface area contributed by atoms with E-state index in [0.717, 1.165) is 5.82 Å². The Balaban J connectivity index is 0.000000671. The molecule has 1 aromatic rings. The lowest BCUT2D eigenvalue weighted by Gasteiger charge is -1.89. The van der Waals surface area contributed by atoms with E-state index in [1.165, 1.54) is 0 Å². The molecule has 0 bridgehead atoms. The van der Waals surface area contributed by atoms with Crippen molar-refractivity contribution >= 4 is 12.4 Å². The number of aryl methyl sites for hydroxylation is 1. The number of hydrogen-bond donors (Lipinski definition) is 0. The number of nitrogens with zero attached hydrogens (tertiary/aromatic N) is 4. The normalized spacial score (nSPS) is 9.54. The van der Waals surface area contributed by atoms with E-state index < -0.39 is 0 Å². The van der Waals surface area contributed by atoms with E-state index in [2.05, 4.69) is 21.7 Å². The fraction of sp³-hybridized carbons (Fsp3) is 0.444. The highest BCUT2D eigenvalue weighted by Gasteiger charge is 1.99. The molecule has 0 aliphatic rings. The smallest absolute Gasteiger partial charge is 0.173 e. The van der Waals surface area contributed by atoms with Gasteiger partial charge in [0.2, 0.25) is 0 Å². The lowest BCUT2D eigenvalue weighted by atomic mass is 10.6. The third kappa shape index (κ3) is 3.19. The molecule has 1 aromatic heterocycles. The van der Waals surface area contributed by atoms with Crippen molar-refractivity contribution in [2.45, 2.75) is 20.8 Å². The largest absolute Gasteiger partial charge is 0.293 e. The van der Waals surface area contributed by atoms with Crippen molar-refractivity contribution in [3.8, 4) is 0 Å². The summed E-state index contributed by atoms with van der Waals surface area (Å²) in [5.41, 5.74) is 0. The van der Waals surface area contributed by atoms with Crippen molar-refractivity contribution in [1.29, 1.82) is 0 Å². The van der Waals surface area contributed by atoms with E-state index in [-0.39, 0.29) is 0 Å². The number of rotatable bonds is 2. The summed E-state index contributed by atoms with van der Waals surface area (Å²) >= 11 is 0. The van der Waals surface area contributed by atoms with Crippen LogP contribution in [0, 0.1) is 6.92 Å². The third-order valence-corrected chi connectivity index (χ3v) is 1.18. The van der Waals surface area contributed by atoms with Crippen LogP contribution in [0.3, 0.4) is 0 Å². The molecule has 72 valence electrons. The van der Waals surface area contributed by atoms with Gasteiger partial charge in [-0.25, -0.2) is 9.67 Å². The van der Waals surface area contributed by atoms with Gasteiger partial charge in [0, 0.05) is 13.2 Å². The van der Waals surface area contributed by atoms with Gasteiger partial charge in [-0.3, -0.25) is 4.99 Å². The zero-order valence-corrected chi connectivity index (χ0v) is 8.65. The Morgan fingerprint density at radius 2 is 2.08 bits per heavy atom. The fourth-order valence-electron chi connectivity index (χ4n) is 0.784. The minimum Gasteiger partial charge on any atom is -0.293 e. The van der Waals surface area contributed by atoms with Gasteiger partial charge in [-0.05, 0) is 6.92 Å². The second-order valence-electron chi connectivity index (χ2n) is 2.03. The number of aliphatic imine (C=N–C) groups is 1. The second kappa shape index (κ2) is 6.11. The molecule has 4 nitrogen and oxygen atoms in total. The first-order valence-corrected chi connectivity index (χ1v) is 4.25. The first kappa shape index (κ1) is 11.6. The Morgan fingerprint density at radius 3 is 2.54 bits per heavy atom. The summed E-state index contributed by atoms with van der Waals surface area (Å²) in [6.07, 6.45) is 3.23. The molecule has 1 heterocycles. The molecule has 0 saturated carbocycles. The highest BCUT2D eigenvalue weighted by Crippen LogP contribution is 1.94. The van der Waals surface area contributed by atoms with Gasteiger partial charge in [0.1, 0.15) is 5.82 Å². The minimum absolute atomic E-state index is 0.708. The van der Waals surface area contributed by atoms with Crippen LogP contribution in [-0.4, -0.2) is 28.0 Å². The highest BCUT2D eigenvalue weighted by molar-refractivity contribution is 5.75. The second-order valence-corrected chi connectivity index (χ2v) is 2.03. The summed E-state index contributed by atoms with van der Waals surface area (Å²) in [5.74, 6) is 1.43. The standard InChI is InChI=1S/C7H10N4.C2H6/c1-4-11-7(5-8-3)9-6(2)10-11;1-2/h4-5H,1H2,2-3H3;1-2H3. The minimum atomic E-state index is 0.708. The predicted molar refractivity (Wildman–Crippen MR) is 56.0 cm³/mol. The van der Waals surface area contributed by atoms with Crippen molar-refractivity contribution in [1.82, 2.24) is 14.8 Å². The molecule has 4 heteroatoms. The molecule has 0 amide bonds. The van der Waals surface area contributed by atoms with E-state index in [0.29, 0.717) is 5.82 Å². The highest BCUT2D eigenvalue weighted by atomic mass is 15.3. The quantitative estimate of drug-likeness (QED) is 0.651. The van der Waals surface area contributed by atoms with Gasteiger partial charge in [-0.2, -0.15) is 5.10 Å². The van der Waals surface area contributed by atoms with Crippen molar-refractivity contribution < 1.29 is 0 Å². The van der Waals surface area contributed by atoms with Gasteiger partial charge in [0.15, 0.2) is 5.82 Å². The van der Waals surface area contributed by atoms with Gasteiger partial charge in [0.25, 0.3) is 0 Å². The van der Waals surface area contributed by atoms with E-state index in [4.69, 9.17) is 0 Å². The van der Waals surface area contributed by atoms with Crippen LogP contribution < -0.4 is 0 Å². The lowest BCUT2D eigenvalue weighted by Crippen LogP contribution is -1.95. The molecule has 1 rings (SSSR count). The predicted octanol–water partition coefficient (Wildman–Crippen LogP) is 1.76. The average Bonchev–Trinajstić information content (AvgIpc) is 2.50. The van der Waals surface area contributed by atoms with Crippen molar-refractivity contribution in [3.63, 3.8) is 0 Å². The molecule has 0 radical (unpaired) electrons. The average molecular weight is 180 g/mol. The first-order chi connectivity index (χ1) is 6.27. The van der Waals surface area contributed by atoms with Crippen LogP contribution in [-0.2, 0) is 0 Å². The molecule has 0 fully saturated rings. The monoisotopic (exact) mass is 180 g/mol. The first-order valence-electron chi connectivity index (χ1n) is 4.25. The van der Waals surface area contributed by atoms with Crippen molar-refractivity contribution in [3.05, 3.63) is 18.2 Å². The Labute approximate surface area is 79.0 Å². The molecule has 0 N–H and O–H groups in total. The van der Waals surface area contributed by atoms with Gasteiger partial charge in [-0.1, -0.05) is 20.4 Å².